The molecule has 0 aliphatic rings. The molecule has 2 aromatic carbocycles. The molecule has 0 spiro atoms. The van der Waals surface area contributed by atoms with Gasteiger partial charge in [0, 0.05) is 11.6 Å². The van der Waals surface area contributed by atoms with E-state index in [1.54, 1.807) is 19.9 Å². The molecule has 0 fully saturated rings. The second-order valence-corrected chi connectivity index (χ2v) is 4.72. The number of benzene rings is 2. The number of aliphatic hydroxyl groups excluding tert-OH is 1. The molecule has 2 rings (SSSR count). The van der Waals surface area contributed by atoms with Crippen molar-refractivity contribution < 1.29 is 19.2 Å². The number of hydrogen-bond acceptors (Lipinski definition) is 4. The van der Waals surface area contributed by atoms with Gasteiger partial charge < -0.3 is 9.84 Å². The van der Waals surface area contributed by atoms with Crippen LogP contribution in [-0.2, 0) is 6.61 Å². The zero-order valence-electron chi connectivity index (χ0n) is 11.6. The van der Waals surface area contributed by atoms with Crippen molar-refractivity contribution in [2.24, 2.45) is 0 Å². The van der Waals surface area contributed by atoms with Gasteiger partial charge in [-0.1, -0.05) is 0 Å². The summed E-state index contributed by atoms with van der Waals surface area (Å²) in [7, 11) is 0. The Balaban J connectivity index is 2.41. The molecule has 0 aliphatic carbocycles. The molecule has 5 nitrogen and oxygen atoms in total. The highest BCUT2D eigenvalue weighted by Crippen LogP contribution is 2.32. The fraction of sp³-hybridized carbons (Fsp3) is 0.200. The molecule has 0 aliphatic heterocycles. The van der Waals surface area contributed by atoms with Crippen molar-refractivity contribution in [2.45, 2.75) is 20.5 Å². The summed E-state index contributed by atoms with van der Waals surface area (Å²) in [5.41, 5.74) is 1.53. The Bertz CT molecular complexity index is 700. The standard InChI is InChI=1S/C15H14FNO4/c1-9-3-10(2)15(7-14(9)17(19)20)21-13-5-11(8-18)4-12(16)6-13/h3-7,18H,8H2,1-2H3. The molecular weight excluding hydrogens is 277 g/mol. The van der Waals surface area contributed by atoms with E-state index >= 15 is 0 Å². The number of hydrogen-bond donors (Lipinski definition) is 1. The molecule has 0 saturated heterocycles. The van der Waals surface area contributed by atoms with Crippen molar-refractivity contribution in [3.63, 3.8) is 0 Å². The van der Waals surface area contributed by atoms with Crippen LogP contribution in [0.5, 0.6) is 11.5 Å². The normalized spacial score (nSPS) is 10.5. The van der Waals surface area contributed by atoms with Gasteiger partial charge in [0.2, 0.25) is 0 Å². The van der Waals surface area contributed by atoms with E-state index in [1.807, 2.05) is 0 Å². The third-order valence-electron chi connectivity index (χ3n) is 3.03. The molecule has 6 heteroatoms. The summed E-state index contributed by atoms with van der Waals surface area (Å²) < 4.78 is 18.9. The number of halogens is 1. The van der Waals surface area contributed by atoms with Crippen molar-refractivity contribution in [3.05, 3.63) is 63.0 Å². The van der Waals surface area contributed by atoms with E-state index in [9.17, 15) is 14.5 Å². The molecule has 21 heavy (non-hydrogen) atoms. The number of aryl methyl sites for hydroxylation is 2. The second kappa shape index (κ2) is 5.88. The molecule has 0 heterocycles. The quantitative estimate of drug-likeness (QED) is 0.689. The summed E-state index contributed by atoms with van der Waals surface area (Å²) in [6, 6.07) is 6.78. The first-order valence-corrected chi connectivity index (χ1v) is 6.24. The number of nitrogens with zero attached hydrogens (tertiary/aromatic N) is 1. The Labute approximate surface area is 120 Å². The Morgan fingerprint density at radius 3 is 2.52 bits per heavy atom. The predicted molar refractivity (Wildman–Crippen MR) is 75.0 cm³/mol. The van der Waals surface area contributed by atoms with Crippen molar-refractivity contribution in [2.75, 3.05) is 0 Å². The van der Waals surface area contributed by atoms with Crippen LogP contribution in [0.25, 0.3) is 0 Å². The lowest BCUT2D eigenvalue weighted by atomic mass is 10.1. The van der Waals surface area contributed by atoms with Gasteiger partial charge in [0.1, 0.15) is 17.3 Å². The van der Waals surface area contributed by atoms with Crippen molar-refractivity contribution in [3.8, 4) is 11.5 Å². The molecule has 110 valence electrons. The van der Waals surface area contributed by atoms with Crippen LogP contribution in [0, 0.1) is 29.8 Å². The minimum Gasteiger partial charge on any atom is -0.457 e. The summed E-state index contributed by atoms with van der Waals surface area (Å²) in [4.78, 5) is 10.5. The summed E-state index contributed by atoms with van der Waals surface area (Å²) in [6.07, 6.45) is 0. The van der Waals surface area contributed by atoms with Gasteiger partial charge in [-0.15, -0.1) is 0 Å². The molecule has 0 bridgehead atoms. The zero-order chi connectivity index (χ0) is 15.6. The summed E-state index contributed by atoms with van der Waals surface area (Å²) in [5, 5.41) is 20.0. The number of nitro benzene ring substituents is 1. The highest BCUT2D eigenvalue weighted by molar-refractivity contribution is 5.51. The molecule has 0 saturated carbocycles. The SMILES string of the molecule is Cc1cc(C)c([N+](=O)[O-])cc1Oc1cc(F)cc(CO)c1. The number of ether oxygens (including phenoxy) is 1. The van der Waals surface area contributed by atoms with E-state index in [1.165, 1.54) is 18.2 Å². The Kier molecular flexibility index (Phi) is 4.18. The van der Waals surface area contributed by atoms with Gasteiger partial charge in [-0.25, -0.2) is 4.39 Å². The van der Waals surface area contributed by atoms with Crippen molar-refractivity contribution in [1.82, 2.24) is 0 Å². The first-order chi connectivity index (χ1) is 9.90. The molecule has 2 aromatic rings. The van der Waals surface area contributed by atoms with Crippen LogP contribution < -0.4 is 4.74 Å². The highest BCUT2D eigenvalue weighted by atomic mass is 19.1. The molecule has 0 amide bonds. The average Bonchev–Trinajstić information content (AvgIpc) is 2.40. The minimum absolute atomic E-state index is 0.0608. The van der Waals surface area contributed by atoms with Gasteiger partial charge in [-0.3, -0.25) is 10.1 Å². The largest absolute Gasteiger partial charge is 0.457 e. The maximum atomic E-state index is 13.4. The van der Waals surface area contributed by atoms with Crippen LogP contribution in [0.4, 0.5) is 10.1 Å². The molecule has 0 radical (unpaired) electrons. The highest BCUT2D eigenvalue weighted by Gasteiger charge is 2.15. The Morgan fingerprint density at radius 2 is 1.90 bits per heavy atom. The molecular formula is C15H14FNO4. The second-order valence-electron chi connectivity index (χ2n) is 4.72. The smallest absolute Gasteiger partial charge is 0.276 e. The van der Waals surface area contributed by atoms with E-state index in [0.29, 0.717) is 16.7 Å². The van der Waals surface area contributed by atoms with Gasteiger partial charge in [0.25, 0.3) is 5.69 Å². The summed E-state index contributed by atoms with van der Waals surface area (Å²) in [5.74, 6) is -0.0853. The first-order valence-electron chi connectivity index (χ1n) is 6.24. The Hall–Kier alpha value is -2.47. The zero-order valence-corrected chi connectivity index (χ0v) is 11.6. The monoisotopic (exact) mass is 291 g/mol. The maximum Gasteiger partial charge on any atom is 0.276 e. The topological polar surface area (TPSA) is 72.6 Å². The van der Waals surface area contributed by atoms with Crippen LogP contribution in [0.2, 0.25) is 0 Å². The van der Waals surface area contributed by atoms with Gasteiger partial charge in [-0.2, -0.15) is 0 Å². The lowest BCUT2D eigenvalue weighted by Crippen LogP contribution is -1.96. The van der Waals surface area contributed by atoms with Gasteiger partial charge in [0.15, 0.2) is 0 Å². The van der Waals surface area contributed by atoms with Crippen LogP contribution in [0.1, 0.15) is 16.7 Å². The van der Waals surface area contributed by atoms with E-state index in [4.69, 9.17) is 9.84 Å². The van der Waals surface area contributed by atoms with E-state index in [-0.39, 0.29) is 23.8 Å². The van der Waals surface area contributed by atoms with Crippen LogP contribution in [0.3, 0.4) is 0 Å². The molecule has 0 atom stereocenters. The molecule has 0 aromatic heterocycles. The van der Waals surface area contributed by atoms with Gasteiger partial charge in [-0.05, 0) is 43.2 Å². The van der Waals surface area contributed by atoms with E-state index in [2.05, 4.69) is 0 Å². The number of nitro groups is 1. The lowest BCUT2D eigenvalue weighted by Gasteiger charge is -2.11. The predicted octanol–water partition coefficient (Wildman–Crippen LogP) is 3.64. The van der Waals surface area contributed by atoms with Crippen molar-refractivity contribution in [1.29, 1.82) is 0 Å². The van der Waals surface area contributed by atoms with E-state index in [0.717, 1.165) is 6.07 Å². The number of rotatable bonds is 4. The maximum absolute atomic E-state index is 13.4. The van der Waals surface area contributed by atoms with Crippen molar-refractivity contribution >= 4 is 5.69 Å². The van der Waals surface area contributed by atoms with Crippen LogP contribution in [0.15, 0.2) is 30.3 Å². The first kappa shape index (κ1) is 14.9. The van der Waals surface area contributed by atoms with Crippen LogP contribution in [-0.4, -0.2) is 10.0 Å². The third-order valence-corrected chi connectivity index (χ3v) is 3.03. The summed E-state index contributed by atoms with van der Waals surface area (Å²) in [6.45, 7) is 3.07. The Morgan fingerprint density at radius 1 is 1.19 bits per heavy atom. The van der Waals surface area contributed by atoms with Crippen LogP contribution >= 0.6 is 0 Å². The van der Waals surface area contributed by atoms with E-state index < -0.39 is 10.7 Å². The minimum atomic E-state index is -0.546. The molecule has 1 N–H and O–H groups in total. The fourth-order valence-corrected chi connectivity index (χ4v) is 2.03. The number of aliphatic hydroxyl groups is 1. The molecule has 0 unspecified atom stereocenters. The van der Waals surface area contributed by atoms with Gasteiger partial charge >= 0.3 is 0 Å². The third kappa shape index (κ3) is 3.35. The van der Waals surface area contributed by atoms with Gasteiger partial charge in [0.05, 0.1) is 17.6 Å². The fourth-order valence-electron chi connectivity index (χ4n) is 2.03. The summed E-state index contributed by atoms with van der Waals surface area (Å²) >= 11 is 0. The average molecular weight is 291 g/mol. The lowest BCUT2D eigenvalue weighted by molar-refractivity contribution is -0.385.